The Morgan fingerprint density at radius 1 is 1.03 bits per heavy atom. The average molecular weight is 459 g/mol. The predicted molar refractivity (Wildman–Crippen MR) is 127 cm³/mol. The zero-order chi connectivity index (χ0) is 22.6. The van der Waals surface area contributed by atoms with Gasteiger partial charge < -0.3 is 19.8 Å². The van der Waals surface area contributed by atoms with E-state index in [0.717, 1.165) is 33.2 Å². The summed E-state index contributed by atoms with van der Waals surface area (Å²) in [4.78, 5) is 26.2. The molecular weight excluding hydrogens is 436 g/mol. The van der Waals surface area contributed by atoms with Gasteiger partial charge in [0.05, 0.1) is 29.4 Å². The van der Waals surface area contributed by atoms with Crippen molar-refractivity contribution >= 4 is 17.7 Å². The van der Waals surface area contributed by atoms with Crippen LogP contribution >= 0.6 is 11.8 Å². The van der Waals surface area contributed by atoms with Gasteiger partial charge in [0, 0.05) is 16.2 Å². The van der Waals surface area contributed by atoms with Crippen molar-refractivity contribution in [2.24, 2.45) is 0 Å². The Kier molecular flexibility index (Phi) is 5.99. The van der Waals surface area contributed by atoms with Crippen LogP contribution in [0, 0.1) is 6.92 Å². The molecule has 0 spiro atoms. The minimum absolute atomic E-state index is 0.0555. The van der Waals surface area contributed by atoms with Crippen molar-refractivity contribution in [1.29, 1.82) is 0 Å². The van der Waals surface area contributed by atoms with Crippen LogP contribution in [0.4, 0.5) is 0 Å². The van der Waals surface area contributed by atoms with Crippen molar-refractivity contribution in [3.63, 3.8) is 0 Å². The second-order valence-electron chi connectivity index (χ2n) is 7.52. The molecule has 0 radical (unpaired) electrons. The summed E-state index contributed by atoms with van der Waals surface area (Å²) >= 11 is 1.50. The molecule has 1 aliphatic rings. The standard InChI is InChI=1S/C25H22N4O3S/c1-16-6-5-9-19(27-16)25-24(17-10-11-20-21(12-17)32-15-31-20)28-22(29-25)13-26-23(30)14-33-18-7-3-2-4-8-18/h2-12H,13-15H2,1H3,(H,26,30)(H,28,29). The second kappa shape index (κ2) is 9.38. The zero-order valence-electron chi connectivity index (χ0n) is 18.0. The lowest BCUT2D eigenvalue weighted by atomic mass is 10.1. The molecule has 0 saturated carbocycles. The number of hydrogen-bond acceptors (Lipinski definition) is 6. The number of imidazole rings is 1. The monoisotopic (exact) mass is 458 g/mol. The number of carbonyl (C=O) groups excluding carboxylic acids is 1. The van der Waals surface area contributed by atoms with Crippen LogP contribution in [0.3, 0.4) is 0 Å². The fraction of sp³-hybridized carbons (Fsp3) is 0.160. The molecule has 0 aliphatic carbocycles. The number of H-pyrrole nitrogens is 1. The first-order valence-electron chi connectivity index (χ1n) is 10.5. The van der Waals surface area contributed by atoms with Gasteiger partial charge in [-0.25, -0.2) is 4.98 Å². The van der Waals surface area contributed by atoms with Gasteiger partial charge >= 0.3 is 0 Å². The molecule has 166 valence electrons. The molecule has 7 nitrogen and oxygen atoms in total. The molecule has 4 aromatic rings. The molecule has 1 amide bonds. The van der Waals surface area contributed by atoms with Crippen molar-refractivity contribution in [3.05, 3.63) is 78.2 Å². The molecule has 3 heterocycles. The van der Waals surface area contributed by atoms with Crippen molar-refractivity contribution < 1.29 is 14.3 Å². The molecule has 2 aromatic heterocycles. The Balaban J connectivity index is 1.37. The Hall–Kier alpha value is -3.78. The summed E-state index contributed by atoms with van der Waals surface area (Å²) in [5, 5.41) is 2.95. The van der Waals surface area contributed by atoms with Crippen LogP contribution in [0.1, 0.15) is 11.5 Å². The molecule has 2 aromatic carbocycles. The van der Waals surface area contributed by atoms with E-state index in [0.29, 0.717) is 23.1 Å². The summed E-state index contributed by atoms with van der Waals surface area (Å²) in [6.45, 7) is 2.45. The van der Waals surface area contributed by atoms with E-state index in [9.17, 15) is 4.79 Å². The Morgan fingerprint density at radius 2 is 1.88 bits per heavy atom. The Labute approximate surface area is 195 Å². The lowest BCUT2D eigenvalue weighted by Crippen LogP contribution is -2.25. The van der Waals surface area contributed by atoms with Gasteiger partial charge in [-0.1, -0.05) is 24.3 Å². The van der Waals surface area contributed by atoms with E-state index in [1.807, 2.05) is 73.7 Å². The van der Waals surface area contributed by atoms with E-state index in [-0.39, 0.29) is 19.2 Å². The first-order chi connectivity index (χ1) is 16.2. The number of rotatable bonds is 7. The van der Waals surface area contributed by atoms with Gasteiger partial charge in [-0.05, 0) is 49.4 Å². The molecule has 33 heavy (non-hydrogen) atoms. The minimum atomic E-state index is -0.0555. The highest BCUT2D eigenvalue weighted by Gasteiger charge is 2.20. The topological polar surface area (TPSA) is 89.1 Å². The molecule has 0 bridgehead atoms. The Bertz CT molecular complexity index is 1290. The quantitative estimate of drug-likeness (QED) is 0.394. The van der Waals surface area contributed by atoms with Gasteiger partial charge in [0.25, 0.3) is 0 Å². The highest BCUT2D eigenvalue weighted by atomic mass is 32.2. The summed E-state index contributed by atoms with van der Waals surface area (Å²) in [5.74, 6) is 2.34. The number of hydrogen-bond donors (Lipinski definition) is 2. The number of fused-ring (bicyclic) bond motifs is 1. The van der Waals surface area contributed by atoms with Crippen molar-refractivity contribution in [2.75, 3.05) is 12.5 Å². The summed E-state index contributed by atoms with van der Waals surface area (Å²) in [6.07, 6.45) is 0. The van der Waals surface area contributed by atoms with Crippen LogP contribution in [0.2, 0.25) is 0 Å². The number of nitrogens with one attached hydrogen (secondary N) is 2. The van der Waals surface area contributed by atoms with E-state index >= 15 is 0 Å². The van der Waals surface area contributed by atoms with E-state index in [4.69, 9.17) is 14.5 Å². The fourth-order valence-electron chi connectivity index (χ4n) is 3.53. The fourth-order valence-corrected chi connectivity index (χ4v) is 4.27. The van der Waals surface area contributed by atoms with Crippen LogP contribution in [0.25, 0.3) is 22.6 Å². The third kappa shape index (κ3) is 4.85. The number of aromatic amines is 1. The Morgan fingerprint density at radius 3 is 2.73 bits per heavy atom. The minimum Gasteiger partial charge on any atom is -0.454 e. The molecular formula is C25H22N4O3S. The molecule has 1 aliphatic heterocycles. The van der Waals surface area contributed by atoms with Crippen LogP contribution < -0.4 is 14.8 Å². The first kappa shape index (κ1) is 21.1. The van der Waals surface area contributed by atoms with Crippen LogP contribution in [0.5, 0.6) is 11.5 Å². The number of aryl methyl sites for hydroxylation is 1. The largest absolute Gasteiger partial charge is 0.454 e. The summed E-state index contributed by atoms with van der Waals surface area (Å²) in [5.41, 5.74) is 4.11. The zero-order valence-corrected chi connectivity index (χ0v) is 18.8. The van der Waals surface area contributed by atoms with Crippen molar-refractivity contribution in [3.8, 4) is 34.1 Å². The summed E-state index contributed by atoms with van der Waals surface area (Å²) in [7, 11) is 0. The summed E-state index contributed by atoms with van der Waals surface area (Å²) < 4.78 is 11.0. The van der Waals surface area contributed by atoms with Crippen LogP contribution in [0.15, 0.2) is 71.6 Å². The SMILES string of the molecule is Cc1cccc(-c2[nH]c(CNC(=O)CSc3ccccc3)nc2-c2ccc3c(c2)OCO3)n1. The average Bonchev–Trinajstić information content (AvgIpc) is 3.49. The number of carbonyl (C=O) groups is 1. The number of nitrogens with zero attached hydrogens (tertiary/aromatic N) is 2. The van der Waals surface area contributed by atoms with Crippen molar-refractivity contribution in [1.82, 2.24) is 20.3 Å². The molecule has 0 atom stereocenters. The van der Waals surface area contributed by atoms with Crippen molar-refractivity contribution in [2.45, 2.75) is 18.4 Å². The van der Waals surface area contributed by atoms with Gasteiger partial charge in [0.15, 0.2) is 11.5 Å². The number of thioether (sulfide) groups is 1. The normalized spacial score (nSPS) is 12.0. The number of aromatic nitrogens is 3. The van der Waals surface area contributed by atoms with Gasteiger partial charge in [-0.3, -0.25) is 9.78 Å². The van der Waals surface area contributed by atoms with E-state index < -0.39 is 0 Å². The molecule has 0 saturated heterocycles. The van der Waals surface area contributed by atoms with E-state index in [1.54, 1.807) is 0 Å². The maximum absolute atomic E-state index is 12.4. The van der Waals surface area contributed by atoms with Crippen LogP contribution in [-0.4, -0.2) is 33.4 Å². The highest BCUT2D eigenvalue weighted by molar-refractivity contribution is 8.00. The number of amides is 1. The molecule has 0 fully saturated rings. The summed E-state index contributed by atoms with van der Waals surface area (Å²) in [6, 6.07) is 21.4. The third-order valence-corrected chi connectivity index (χ3v) is 6.12. The van der Waals surface area contributed by atoms with E-state index in [1.165, 1.54) is 11.8 Å². The van der Waals surface area contributed by atoms with Gasteiger partial charge in [-0.2, -0.15) is 0 Å². The molecule has 5 rings (SSSR count). The molecule has 0 unspecified atom stereocenters. The van der Waals surface area contributed by atoms with Crippen LogP contribution in [-0.2, 0) is 11.3 Å². The van der Waals surface area contributed by atoms with Gasteiger partial charge in [-0.15, -0.1) is 11.8 Å². The highest BCUT2D eigenvalue weighted by Crippen LogP contribution is 2.38. The smallest absolute Gasteiger partial charge is 0.231 e. The second-order valence-corrected chi connectivity index (χ2v) is 8.57. The number of pyridine rings is 1. The van der Waals surface area contributed by atoms with Gasteiger partial charge in [0.1, 0.15) is 5.82 Å². The maximum atomic E-state index is 12.4. The molecule has 8 heteroatoms. The maximum Gasteiger partial charge on any atom is 0.231 e. The van der Waals surface area contributed by atoms with Gasteiger partial charge in [0.2, 0.25) is 12.7 Å². The van der Waals surface area contributed by atoms with E-state index in [2.05, 4.69) is 15.3 Å². The lowest BCUT2D eigenvalue weighted by molar-refractivity contribution is -0.118. The number of ether oxygens (including phenoxy) is 2. The first-order valence-corrected chi connectivity index (χ1v) is 11.5. The molecule has 2 N–H and O–H groups in total. The lowest BCUT2D eigenvalue weighted by Gasteiger charge is -2.04. The third-order valence-electron chi connectivity index (χ3n) is 5.11. The predicted octanol–water partition coefficient (Wildman–Crippen LogP) is 4.58. The number of benzene rings is 2.